The van der Waals surface area contributed by atoms with Gasteiger partial charge in [0.05, 0.1) is 12.3 Å². The third-order valence-corrected chi connectivity index (χ3v) is 5.82. The van der Waals surface area contributed by atoms with Crippen LogP contribution in [0.3, 0.4) is 0 Å². The van der Waals surface area contributed by atoms with Crippen LogP contribution in [0.25, 0.3) is 0 Å². The molecule has 144 valence electrons. The van der Waals surface area contributed by atoms with Gasteiger partial charge in [-0.3, -0.25) is 4.79 Å². The Morgan fingerprint density at radius 1 is 1.04 bits per heavy atom. The Balaban J connectivity index is 1.39. The lowest BCUT2D eigenvalue weighted by Gasteiger charge is -2.26. The van der Waals surface area contributed by atoms with Gasteiger partial charge in [-0.2, -0.15) is 0 Å². The molecule has 6 nitrogen and oxygen atoms in total. The Labute approximate surface area is 159 Å². The van der Waals surface area contributed by atoms with Gasteiger partial charge in [0.25, 0.3) is 0 Å². The summed E-state index contributed by atoms with van der Waals surface area (Å²) in [6, 6.07) is 17.0. The molecule has 7 heteroatoms. The van der Waals surface area contributed by atoms with Crippen LogP contribution in [0.4, 0.5) is 0 Å². The van der Waals surface area contributed by atoms with Gasteiger partial charge in [-0.25, -0.2) is 8.42 Å². The second-order valence-electron chi connectivity index (χ2n) is 6.48. The second-order valence-corrected chi connectivity index (χ2v) is 8.67. The van der Waals surface area contributed by atoms with E-state index in [4.69, 9.17) is 9.47 Å². The number of benzene rings is 2. The Morgan fingerprint density at radius 3 is 2.52 bits per heavy atom. The molecule has 1 atom stereocenters. The van der Waals surface area contributed by atoms with E-state index in [0.29, 0.717) is 30.9 Å². The SMILES string of the molecule is O=C(CS(=O)(=O)CCCc1ccccc1)NCC1COc2ccccc2O1. The molecular formula is C20H23NO5S. The topological polar surface area (TPSA) is 81.7 Å². The van der Waals surface area contributed by atoms with Gasteiger partial charge in [0, 0.05) is 0 Å². The van der Waals surface area contributed by atoms with E-state index in [9.17, 15) is 13.2 Å². The molecule has 1 aliphatic rings. The van der Waals surface area contributed by atoms with E-state index >= 15 is 0 Å². The highest BCUT2D eigenvalue weighted by atomic mass is 32.2. The van der Waals surface area contributed by atoms with Crippen molar-refractivity contribution < 1.29 is 22.7 Å². The first kappa shape index (κ1) is 19.2. The minimum atomic E-state index is -3.44. The first-order valence-electron chi connectivity index (χ1n) is 8.91. The number of fused-ring (bicyclic) bond motifs is 1. The molecule has 0 aliphatic carbocycles. The van der Waals surface area contributed by atoms with Crippen LogP contribution in [0.5, 0.6) is 11.5 Å². The second kappa shape index (κ2) is 8.90. The fourth-order valence-corrected chi connectivity index (χ4v) is 4.09. The molecule has 0 saturated heterocycles. The quantitative estimate of drug-likeness (QED) is 0.747. The number of hydrogen-bond acceptors (Lipinski definition) is 5. The average molecular weight is 389 g/mol. The van der Waals surface area contributed by atoms with Gasteiger partial charge in [-0.05, 0) is 30.5 Å². The first-order chi connectivity index (χ1) is 13.0. The van der Waals surface area contributed by atoms with Crippen molar-refractivity contribution in [2.75, 3.05) is 24.7 Å². The van der Waals surface area contributed by atoms with E-state index in [2.05, 4.69) is 5.32 Å². The summed E-state index contributed by atoms with van der Waals surface area (Å²) in [5.41, 5.74) is 1.09. The lowest BCUT2D eigenvalue weighted by molar-refractivity contribution is -0.119. The number of aryl methyl sites for hydroxylation is 1. The molecule has 27 heavy (non-hydrogen) atoms. The van der Waals surface area contributed by atoms with Gasteiger partial charge in [-0.1, -0.05) is 42.5 Å². The van der Waals surface area contributed by atoms with Crippen LogP contribution in [0, 0.1) is 0 Å². The summed E-state index contributed by atoms with van der Waals surface area (Å²) in [6.07, 6.45) is 0.828. The lowest BCUT2D eigenvalue weighted by Crippen LogP contribution is -2.42. The summed E-state index contributed by atoms with van der Waals surface area (Å²) in [6.45, 7) is 0.508. The van der Waals surface area contributed by atoms with Crippen molar-refractivity contribution in [3.05, 3.63) is 60.2 Å². The van der Waals surface area contributed by atoms with Gasteiger partial charge in [0.15, 0.2) is 21.3 Å². The molecule has 0 bridgehead atoms. The Hall–Kier alpha value is -2.54. The molecule has 1 amide bonds. The summed E-state index contributed by atoms with van der Waals surface area (Å²) in [7, 11) is -3.44. The predicted octanol–water partition coefficient (Wildman–Crippen LogP) is 1.99. The van der Waals surface area contributed by atoms with Crippen molar-refractivity contribution in [2.24, 2.45) is 0 Å². The molecule has 0 spiro atoms. The van der Waals surface area contributed by atoms with Gasteiger partial charge < -0.3 is 14.8 Å². The van der Waals surface area contributed by atoms with E-state index in [1.54, 1.807) is 6.07 Å². The predicted molar refractivity (Wildman–Crippen MR) is 103 cm³/mol. The molecule has 3 rings (SSSR count). The highest BCUT2D eigenvalue weighted by Gasteiger charge is 2.22. The zero-order valence-electron chi connectivity index (χ0n) is 15.0. The highest BCUT2D eigenvalue weighted by molar-refractivity contribution is 7.92. The van der Waals surface area contributed by atoms with Crippen molar-refractivity contribution in [1.82, 2.24) is 5.32 Å². The van der Waals surface area contributed by atoms with E-state index < -0.39 is 21.5 Å². The lowest BCUT2D eigenvalue weighted by atomic mass is 10.1. The maximum Gasteiger partial charge on any atom is 0.235 e. The smallest absolute Gasteiger partial charge is 0.235 e. The fraction of sp³-hybridized carbons (Fsp3) is 0.350. The van der Waals surface area contributed by atoms with Crippen LogP contribution in [0.2, 0.25) is 0 Å². The molecule has 0 fully saturated rings. The molecule has 0 saturated carbocycles. The Morgan fingerprint density at radius 2 is 1.74 bits per heavy atom. The number of amides is 1. The molecule has 1 aliphatic heterocycles. The molecule has 1 N–H and O–H groups in total. The first-order valence-corrected chi connectivity index (χ1v) is 10.7. The van der Waals surface area contributed by atoms with Gasteiger partial charge >= 0.3 is 0 Å². The van der Waals surface area contributed by atoms with Crippen LogP contribution in [-0.4, -0.2) is 45.1 Å². The standard InChI is InChI=1S/C20H23NO5S/c22-20(15-27(23,24)12-6-9-16-7-2-1-3-8-16)21-13-17-14-25-18-10-4-5-11-19(18)26-17/h1-5,7-8,10-11,17H,6,9,12-15H2,(H,21,22). The van der Waals surface area contributed by atoms with Crippen molar-refractivity contribution in [3.63, 3.8) is 0 Å². The largest absolute Gasteiger partial charge is 0.486 e. The molecule has 0 radical (unpaired) electrons. The van der Waals surface area contributed by atoms with E-state index in [0.717, 1.165) is 5.56 Å². The Kier molecular flexibility index (Phi) is 6.34. The summed E-state index contributed by atoms with van der Waals surface area (Å²) in [5, 5.41) is 2.62. The van der Waals surface area contributed by atoms with Crippen molar-refractivity contribution in [3.8, 4) is 11.5 Å². The zero-order valence-corrected chi connectivity index (χ0v) is 15.8. The van der Waals surface area contributed by atoms with Gasteiger partial charge in [0.1, 0.15) is 18.5 Å². The summed E-state index contributed by atoms with van der Waals surface area (Å²) in [5.74, 6) is 0.257. The monoisotopic (exact) mass is 389 g/mol. The number of hydrogen-bond donors (Lipinski definition) is 1. The number of ether oxygens (including phenoxy) is 2. The summed E-state index contributed by atoms with van der Waals surface area (Å²) in [4.78, 5) is 12.0. The Bertz CT molecular complexity index is 867. The molecule has 1 unspecified atom stereocenters. The number of nitrogens with one attached hydrogen (secondary N) is 1. The summed E-state index contributed by atoms with van der Waals surface area (Å²) >= 11 is 0. The van der Waals surface area contributed by atoms with Crippen molar-refractivity contribution in [1.29, 1.82) is 0 Å². The van der Waals surface area contributed by atoms with Crippen LogP contribution in [0.1, 0.15) is 12.0 Å². The number of carbonyl (C=O) groups is 1. The number of sulfone groups is 1. The molecular weight excluding hydrogens is 366 g/mol. The van der Waals surface area contributed by atoms with Crippen LogP contribution < -0.4 is 14.8 Å². The van der Waals surface area contributed by atoms with Crippen LogP contribution in [0.15, 0.2) is 54.6 Å². The minimum absolute atomic E-state index is 0.00821. The number of carbonyl (C=O) groups excluding carboxylic acids is 1. The third kappa shape index (κ3) is 5.99. The third-order valence-electron chi connectivity index (χ3n) is 4.21. The molecule has 2 aromatic rings. The number of rotatable bonds is 8. The average Bonchev–Trinajstić information content (AvgIpc) is 2.66. The minimum Gasteiger partial charge on any atom is -0.486 e. The maximum absolute atomic E-state index is 12.1. The normalized spacial score (nSPS) is 15.9. The van der Waals surface area contributed by atoms with E-state index in [1.807, 2.05) is 48.5 Å². The van der Waals surface area contributed by atoms with Crippen LogP contribution >= 0.6 is 0 Å². The van der Waals surface area contributed by atoms with Crippen molar-refractivity contribution in [2.45, 2.75) is 18.9 Å². The van der Waals surface area contributed by atoms with Gasteiger partial charge in [0.2, 0.25) is 5.91 Å². The molecule has 1 heterocycles. The fourth-order valence-electron chi connectivity index (χ4n) is 2.86. The van der Waals surface area contributed by atoms with Crippen LogP contribution in [-0.2, 0) is 21.1 Å². The molecule has 2 aromatic carbocycles. The maximum atomic E-state index is 12.1. The molecule has 0 aromatic heterocycles. The zero-order chi connectivity index (χ0) is 19.1. The van der Waals surface area contributed by atoms with Crippen molar-refractivity contribution >= 4 is 15.7 Å². The summed E-state index contributed by atoms with van der Waals surface area (Å²) < 4.78 is 35.6. The number of para-hydroxylation sites is 2. The van der Waals surface area contributed by atoms with E-state index in [1.165, 1.54) is 0 Å². The highest BCUT2D eigenvalue weighted by Crippen LogP contribution is 2.30. The van der Waals surface area contributed by atoms with E-state index in [-0.39, 0.29) is 18.4 Å². The van der Waals surface area contributed by atoms with Gasteiger partial charge in [-0.15, -0.1) is 0 Å².